The molecule has 0 heterocycles. The normalized spacial score (nSPS) is 23.4. The van der Waals surface area contributed by atoms with Gasteiger partial charge in [0.15, 0.2) is 5.75 Å². The van der Waals surface area contributed by atoms with Crippen molar-refractivity contribution in [3.05, 3.63) is 29.1 Å². The van der Waals surface area contributed by atoms with E-state index >= 15 is 0 Å². The van der Waals surface area contributed by atoms with Gasteiger partial charge in [0.05, 0.1) is 6.10 Å². The second-order valence-electron chi connectivity index (χ2n) is 4.05. The molecule has 0 unspecified atom stereocenters. The quantitative estimate of drug-likeness (QED) is 0.507. The van der Waals surface area contributed by atoms with Gasteiger partial charge in [-0.1, -0.05) is 0 Å². The van der Waals surface area contributed by atoms with E-state index in [1.807, 2.05) is 0 Å². The second-order valence-corrected chi connectivity index (χ2v) is 4.05. The molecule has 0 radical (unpaired) electrons. The van der Waals surface area contributed by atoms with Crippen LogP contribution in [0.5, 0.6) is 5.75 Å². The van der Waals surface area contributed by atoms with Crippen molar-refractivity contribution in [1.29, 1.82) is 0 Å². The average Bonchev–Trinajstić information content (AvgIpc) is 2.75. The minimum atomic E-state index is -2.23. The Balaban J connectivity index is 2.38. The van der Waals surface area contributed by atoms with Gasteiger partial charge in [-0.3, -0.25) is 0 Å². The van der Waals surface area contributed by atoms with Crippen LogP contribution in [-0.2, 0) is 0 Å². The van der Waals surface area contributed by atoms with E-state index in [1.165, 1.54) is 0 Å². The van der Waals surface area contributed by atoms with Crippen LogP contribution in [0.2, 0.25) is 0 Å². The van der Waals surface area contributed by atoms with Gasteiger partial charge < -0.3 is 9.84 Å². The molecular weight excluding hydrogens is 259 g/mol. The van der Waals surface area contributed by atoms with Gasteiger partial charge in [-0.05, 0) is 19.3 Å². The fourth-order valence-corrected chi connectivity index (χ4v) is 1.88. The molecule has 0 saturated heterocycles. The third kappa shape index (κ3) is 2.03. The van der Waals surface area contributed by atoms with Crippen molar-refractivity contribution < 1.29 is 31.8 Å². The van der Waals surface area contributed by atoms with Crippen molar-refractivity contribution in [1.82, 2.24) is 0 Å². The molecule has 1 aliphatic rings. The summed E-state index contributed by atoms with van der Waals surface area (Å²) in [6.07, 6.45) is -0.722. The van der Waals surface area contributed by atoms with Gasteiger partial charge >= 0.3 is 0 Å². The first-order valence-corrected chi connectivity index (χ1v) is 5.29. The number of benzene rings is 1. The lowest BCUT2D eigenvalue weighted by molar-refractivity contribution is 0.0535. The van der Waals surface area contributed by atoms with Gasteiger partial charge in [-0.15, -0.1) is 0 Å². The Morgan fingerprint density at radius 2 is 1.33 bits per heavy atom. The molecule has 18 heavy (non-hydrogen) atoms. The minimum Gasteiger partial charge on any atom is -0.481 e. The first kappa shape index (κ1) is 13.1. The lowest BCUT2D eigenvalue weighted by Gasteiger charge is -2.18. The summed E-state index contributed by atoms with van der Waals surface area (Å²) in [5, 5.41) is 9.39. The maximum Gasteiger partial charge on any atom is 0.207 e. The second kappa shape index (κ2) is 4.72. The van der Waals surface area contributed by atoms with Gasteiger partial charge in [0.25, 0.3) is 0 Å². The SMILES string of the molecule is O[C@@H]1CCC[C@H]1Oc1c(F)c(F)c(F)c(F)c1F. The molecule has 7 heteroatoms. The van der Waals surface area contributed by atoms with Crippen molar-refractivity contribution >= 4 is 0 Å². The zero-order valence-corrected chi connectivity index (χ0v) is 9.02. The van der Waals surface area contributed by atoms with E-state index in [2.05, 4.69) is 0 Å². The number of hydrogen-bond acceptors (Lipinski definition) is 2. The predicted octanol–water partition coefficient (Wildman–Crippen LogP) is 2.67. The first-order valence-electron chi connectivity index (χ1n) is 5.29. The Labute approximate surface area is 99.0 Å². The molecule has 0 amide bonds. The van der Waals surface area contributed by atoms with Gasteiger partial charge in [0, 0.05) is 0 Å². The summed E-state index contributed by atoms with van der Waals surface area (Å²) >= 11 is 0. The summed E-state index contributed by atoms with van der Waals surface area (Å²) < 4.78 is 69.7. The Hall–Kier alpha value is -1.37. The molecule has 1 N–H and O–H groups in total. The molecule has 0 spiro atoms. The Kier molecular flexibility index (Phi) is 3.43. The number of ether oxygens (including phenoxy) is 1. The van der Waals surface area contributed by atoms with Crippen molar-refractivity contribution in [3.8, 4) is 5.75 Å². The number of aliphatic hydroxyl groups is 1. The maximum atomic E-state index is 13.3. The molecule has 0 aliphatic heterocycles. The highest BCUT2D eigenvalue weighted by atomic mass is 19.2. The van der Waals surface area contributed by atoms with E-state index in [0.717, 1.165) is 0 Å². The molecule has 1 saturated carbocycles. The molecule has 1 aliphatic carbocycles. The highest BCUT2D eigenvalue weighted by molar-refractivity contribution is 5.30. The number of halogens is 5. The molecule has 2 rings (SSSR count). The third-order valence-electron chi connectivity index (χ3n) is 2.86. The van der Waals surface area contributed by atoms with E-state index in [1.54, 1.807) is 0 Å². The predicted molar refractivity (Wildman–Crippen MR) is 50.5 cm³/mol. The summed E-state index contributed by atoms with van der Waals surface area (Å²) in [7, 11) is 0. The van der Waals surface area contributed by atoms with Crippen LogP contribution in [0.3, 0.4) is 0 Å². The van der Waals surface area contributed by atoms with Crippen LogP contribution in [0.25, 0.3) is 0 Å². The Bertz CT molecular complexity index is 448. The van der Waals surface area contributed by atoms with Crippen molar-refractivity contribution in [2.75, 3.05) is 0 Å². The molecule has 1 aromatic carbocycles. The van der Waals surface area contributed by atoms with Crippen LogP contribution in [0.1, 0.15) is 19.3 Å². The molecule has 0 bridgehead atoms. The van der Waals surface area contributed by atoms with Crippen molar-refractivity contribution in [2.24, 2.45) is 0 Å². The fraction of sp³-hybridized carbons (Fsp3) is 0.455. The number of rotatable bonds is 2. The maximum absolute atomic E-state index is 13.3. The summed E-state index contributed by atoms with van der Waals surface area (Å²) in [5.41, 5.74) is 0. The minimum absolute atomic E-state index is 0.292. The van der Waals surface area contributed by atoms with E-state index < -0.39 is 47.0 Å². The third-order valence-corrected chi connectivity index (χ3v) is 2.86. The van der Waals surface area contributed by atoms with E-state index in [9.17, 15) is 27.1 Å². The molecule has 1 aromatic rings. The Morgan fingerprint density at radius 1 is 0.833 bits per heavy atom. The van der Waals surface area contributed by atoms with Crippen molar-refractivity contribution in [2.45, 2.75) is 31.5 Å². The van der Waals surface area contributed by atoms with Crippen LogP contribution in [0, 0.1) is 29.1 Å². The van der Waals surface area contributed by atoms with Crippen LogP contribution in [0.4, 0.5) is 22.0 Å². The molecule has 100 valence electrons. The topological polar surface area (TPSA) is 29.5 Å². The molecular formula is C11H9F5O2. The zero-order valence-electron chi connectivity index (χ0n) is 9.02. The zero-order chi connectivity index (χ0) is 13.4. The van der Waals surface area contributed by atoms with Gasteiger partial charge in [0.1, 0.15) is 6.10 Å². The first-order chi connectivity index (χ1) is 8.43. The van der Waals surface area contributed by atoms with Crippen molar-refractivity contribution in [3.63, 3.8) is 0 Å². The van der Waals surface area contributed by atoms with Gasteiger partial charge in [-0.25, -0.2) is 13.2 Å². The molecule has 1 fully saturated rings. The summed E-state index contributed by atoms with van der Waals surface area (Å²) in [5.74, 6) is -11.7. The highest BCUT2D eigenvalue weighted by Crippen LogP contribution is 2.32. The van der Waals surface area contributed by atoms with Crippen LogP contribution >= 0.6 is 0 Å². The molecule has 2 nitrogen and oxygen atoms in total. The van der Waals surface area contributed by atoms with Crippen LogP contribution in [0.15, 0.2) is 0 Å². The van der Waals surface area contributed by atoms with E-state index in [4.69, 9.17) is 4.74 Å². The lowest BCUT2D eigenvalue weighted by Crippen LogP contribution is -2.27. The fourth-order valence-electron chi connectivity index (χ4n) is 1.88. The summed E-state index contributed by atoms with van der Waals surface area (Å²) in [6.45, 7) is 0. The smallest absolute Gasteiger partial charge is 0.207 e. The highest BCUT2D eigenvalue weighted by Gasteiger charge is 2.32. The average molecular weight is 268 g/mol. The van der Waals surface area contributed by atoms with Gasteiger partial charge in [0.2, 0.25) is 29.1 Å². The largest absolute Gasteiger partial charge is 0.481 e. The molecule has 2 atom stereocenters. The lowest BCUT2D eigenvalue weighted by atomic mass is 10.2. The van der Waals surface area contributed by atoms with Crippen LogP contribution in [-0.4, -0.2) is 17.3 Å². The number of hydrogen-bond donors (Lipinski definition) is 1. The number of aliphatic hydroxyl groups excluding tert-OH is 1. The summed E-state index contributed by atoms with van der Waals surface area (Å²) in [6, 6.07) is 0. The van der Waals surface area contributed by atoms with Gasteiger partial charge in [-0.2, -0.15) is 8.78 Å². The van der Waals surface area contributed by atoms with E-state index in [0.29, 0.717) is 19.3 Å². The van der Waals surface area contributed by atoms with E-state index in [-0.39, 0.29) is 0 Å². The Morgan fingerprint density at radius 3 is 1.78 bits per heavy atom. The van der Waals surface area contributed by atoms with Crippen LogP contribution < -0.4 is 4.74 Å². The summed E-state index contributed by atoms with van der Waals surface area (Å²) in [4.78, 5) is 0. The molecule has 0 aromatic heterocycles. The standard InChI is InChI=1S/C11H9F5O2/c12-6-7(13)9(15)11(10(16)8(6)14)18-5-3-1-2-4(5)17/h4-5,17H,1-3H2/t4-,5-/m1/s1. The monoisotopic (exact) mass is 268 g/mol.